The predicted octanol–water partition coefficient (Wildman–Crippen LogP) is 10.2. The van der Waals surface area contributed by atoms with Crippen LogP contribution >= 0.6 is 16.3 Å². The summed E-state index contributed by atoms with van der Waals surface area (Å²) in [5.41, 5.74) is 0. The lowest BCUT2D eigenvalue weighted by molar-refractivity contribution is 0.555. The Labute approximate surface area is 180 Å². The molecule has 0 amide bonds. The average Bonchev–Trinajstić information content (AvgIpc) is 2.71. The highest BCUT2D eigenvalue weighted by atomic mass is 31.2. The van der Waals surface area contributed by atoms with E-state index in [1.165, 1.54) is 116 Å². The Morgan fingerprint density at radius 1 is 0.429 bits per heavy atom. The Kier molecular flexibility index (Phi) is 27.7. The first kappa shape index (κ1) is 30.5. The Balaban J connectivity index is 0. The van der Waals surface area contributed by atoms with E-state index in [9.17, 15) is 4.57 Å². The molecule has 0 aliphatic carbocycles. The summed E-state index contributed by atoms with van der Waals surface area (Å²) in [5, 5.41) is 0. The molecule has 169 valence electrons. The molecule has 0 heterocycles. The molecule has 0 aliphatic heterocycles. The van der Waals surface area contributed by atoms with Crippen molar-refractivity contribution in [3.63, 3.8) is 0 Å². The first-order chi connectivity index (χ1) is 13.7. The summed E-state index contributed by atoms with van der Waals surface area (Å²) in [6, 6.07) is 0. The molecule has 0 saturated carbocycles. The van der Waals surface area contributed by atoms with Gasteiger partial charge < -0.3 is 4.57 Å². The van der Waals surface area contributed by atoms with Crippen LogP contribution in [0.15, 0.2) is 0 Å². The van der Waals surface area contributed by atoms with Crippen molar-refractivity contribution >= 4 is 16.3 Å². The minimum atomic E-state index is -1.89. The highest BCUT2D eigenvalue weighted by Gasteiger charge is 2.20. The van der Waals surface area contributed by atoms with Crippen LogP contribution in [0, 0.1) is 0 Å². The molecule has 0 aromatic heterocycles. The quantitative estimate of drug-likeness (QED) is 0.133. The summed E-state index contributed by atoms with van der Waals surface area (Å²) in [6.07, 6.45) is 26.9. The molecule has 0 aromatic carbocycles. The lowest BCUT2D eigenvalue weighted by atomic mass is 10.1. The molecule has 0 aromatic rings. The van der Waals surface area contributed by atoms with Gasteiger partial charge >= 0.3 is 0 Å². The van der Waals surface area contributed by atoms with Crippen LogP contribution in [-0.4, -0.2) is 18.5 Å². The highest BCUT2D eigenvalue weighted by Crippen LogP contribution is 2.48. The smallest absolute Gasteiger partial charge is 0.261 e. The van der Waals surface area contributed by atoms with Gasteiger partial charge in [0, 0.05) is 18.5 Å². The van der Waals surface area contributed by atoms with Crippen molar-refractivity contribution in [3.05, 3.63) is 0 Å². The molecule has 0 N–H and O–H groups in total. The molecule has 0 rings (SSSR count). The maximum atomic E-state index is 13.5. The van der Waals surface area contributed by atoms with Gasteiger partial charge in [0.15, 0.2) is 0 Å². The van der Waals surface area contributed by atoms with Gasteiger partial charge in [-0.1, -0.05) is 117 Å². The zero-order valence-electron chi connectivity index (χ0n) is 19.6. The maximum absolute atomic E-state index is 13.5. The minimum Gasteiger partial charge on any atom is -0.324 e. The normalized spacial score (nSPS) is 11.2. The predicted molar refractivity (Wildman–Crippen MR) is 130 cm³/mol. The molecule has 0 spiro atoms. The van der Waals surface area contributed by atoms with E-state index in [-0.39, 0.29) is 0 Å². The van der Waals surface area contributed by atoms with Crippen molar-refractivity contribution in [2.45, 2.75) is 136 Å². The second-order valence-electron chi connectivity index (χ2n) is 8.53. The summed E-state index contributed by atoms with van der Waals surface area (Å²) in [6.45, 7) is 6.82. The van der Waals surface area contributed by atoms with Crippen LogP contribution in [0.1, 0.15) is 136 Å². The standard InChI is InChI=1S/C24H51OP.OP/c1-4-7-10-13-16-19-22-26(25,23-20-17-14-11-8-5-2)24-21-18-15-12-9-6-3;1-2/h4-24H2,1-3H3;. The first-order valence-electron chi connectivity index (χ1n) is 12.4. The van der Waals surface area contributed by atoms with Crippen LogP contribution < -0.4 is 0 Å². The molecule has 0 aliphatic rings. The van der Waals surface area contributed by atoms with Gasteiger partial charge in [-0.05, 0) is 19.3 Å². The van der Waals surface area contributed by atoms with E-state index < -0.39 is 7.14 Å². The van der Waals surface area contributed by atoms with Crippen LogP contribution in [0.4, 0.5) is 0 Å². The van der Waals surface area contributed by atoms with Crippen LogP contribution in [0.25, 0.3) is 0 Å². The Hall–Kier alpha value is 0.330. The third kappa shape index (κ3) is 22.6. The summed E-state index contributed by atoms with van der Waals surface area (Å²) < 4.78 is 21.4. The van der Waals surface area contributed by atoms with E-state index in [4.69, 9.17) is 4.57 Å². The van der Waals surface area contributed by atoms with Gasteiger partial charge in [-0.3, -0.25) is 4.57 Å². The Bertz CT molecular complexity index is 287. The lowest BCUT2D eigenvalue weighted by Gasteiger charge is -2.18. The Morgan fingerprint density at radius 3 is 0.893 bits per heavy atom. The van der Waals surface area contributed by atoms with Crippen molar-refractivity contribution in [1.82, 2.24) is 0 Å². The van der Waals surface area contributed by atoms with E-state index in [0.717, 1.165) is 18.5 Å². The molecule has 0 unspecified atom stereocenters. The van der Waals surface area contributed by atoms with E-state index >= 15 is 0 Å². The van der Waals surface area contributed by atoms with Gasteiger partial charge in [-0.2, -0.15) is 0 Å². The third-order valence-corrected chi connectivity index (χ3v) is 9.15. The lowest BCUT2D eigenvalue weighted by Crippen LogP contribution is -2.02. The molecule has 0 fully saturated rings. The molecular weight excluding hydrogens is 382 g/mol. The summed E-state index contributed by atoms with van der Waals surface area (Å²) in [4.78, 5) is 0. The number of rotatable bonds is 21. The van der Waals surface area contributed by atoms with Gasteiger partial charge in [0.2, 0.25) is 0 Å². The van der Waals surface area contributed by atoms with Gasteiger partial charge in [0.1, 0.15) is 0 Å². The van der Waals surface area contributed by atoms with Crippen LogP contribution in [-0.2, 0) is 9.13 Å². The van der Waals surface area contributed by atoms with Crippen molar-refractivity contribution < 1.29 is 9.13 Å². The van der Waals surface area contributed by atoms with Crippen LogP contribution in [0.3, 0.4) is 0 Å². The van der Waals surface area contributed by atoms with E-state index in [0.29, 0.717) is 0 Å². The molecule has 4 heteroatoms. The van der Waals surface area contributed by atoms with E-state index in [1.54, 1.807) is 0 Å². The zero-order chi connectivity index (χ0) is 21.3. The van der Waals surface area contributed by atoms with Gasteiger partial charge in [0.25, 0.3) is 9.12 Å². The zero-order valence-corrected chi connectivity index (χ0v) is 21.3. The number of unbranched alkanes of at least 4 members (excludes halogenated alkanes) is 15. The fraction of sp³-hybridized carbons (Fsp3) is 1.00. The molecule has 0 atom stereocenters. The monoisotopic (exact) mass is 433 g/mol. The second-order valence-corrected chi connectivity index (χ2v) is 12.0. The van der Waals surface area contributed by atoms with Gasteiger partial charge in [0.05, 0.1) is 7.14 Å². The fourth-order valence-corrected chi connectivity index (χ4v) is 6.95. The van der Waals surface area contributed by atoms with Gasteiger partial charge in [-0.25, -0.2) is 0 Å². The summed E-state index contributed by atoms with van der Waals surface area (Å²) in [5.74, 6) is 0. The van der Waals surface area contributed by atoms with Crippen LogP contribution in [0.2, 0.25) is 0 Å². The molecule has 2 nitrogen and oxygen atoms in total. The molecule has 0 saturated heterocycles. The van der Waals surface area contributed by atoms with Crippen molar-refractivity contribution in [2.75, 3.05) is 18.5 Å². The van der Waals surface area contributed by atoms with Crippen molar-refractivity contribution in [3.8, 4) is 0 Å². The summed E-state index contributed by atoms with van der Waals surface area (Å²) in [7, 11) is 0.392. The van der Waals surface area contributed by atoms with E-state index in [1.807, 2.05) is 0 Å². The maximum Gasteiger partial charge on any atom is 0.261 e. The summed E-state index contributed by atoms with van der Waals surface area (Å²) >= 11 is 0. The topological polar surface area (TPSA) is 34.1 Å². The van der Waals surface area contributed by atoms with Gasteiger partial charge in [-0.15, -0.1) is 0 Å². The SMILES string of the molecule is CCCCCCCCP(=O)(CCCCCCCC)CCCCCCCC.O=[P]. The average molecular weight is 434 g/mol. The third-order valence-electron chi connectivity index (χ3n) is 5.76. The minimum absolute atomic E-state index is 1.04. The van der Waals surface area contributed by atoms with E-state index in [2.05, 4.69) is 29.9 Å². The Morgan fingerprint density at radius 2 is 0.643 bits per heavy atom. The van der Waals surface area contributed by atoms with Crippen LogP contribution in [0.5, 0.6) is 0 Å². The molecule has 1 radical (unpaired) electrons. The number of hydrogen-bond acceptors (Lipinski definition) is 2. The van der Waals surface area contributed by atoms with Crippen molar-refractivity contribution in [1.29, 1.82) is 0 Å². The van der Waals surface area contributed by atoms with Crippen molar-refractivity contribution in [2.24, 2.45) is 0 Å². The molecular formula is C24H51O2P2. The second kappa shape index (κ2) is 25.4. The molecule has 28 heavy (non-hydrogen) atoms. The first-order valence-corrected chi connectivity index (χ1v) is 15.1. The highest BCUT2D eigenvalue weighted by molar-refractivity contribution is 7.63. The molecule has 0 bridgehead atoms. The number of hydrogen-bond donors (Lipinski definition) is 0. The fourth-order valence-electron chi connectivity index (χ4n) is 3.88. The largest absolute Gasteiger partial charge is 0.324 e.